The number of H-pyrrole nitrogens is 1. The third-order valence-corrected chi connectivity index (χ3v) is 4.38. The molecule has 1 aromatic heterocycles. The first-order chi connectivity index (χ1) is 10.2. The number of benzene rings is 1. The van der Waals surface area contributed by atoms with Crippen molar-refractivity contribution < 1.29 is 4.74 Å². The maximum absolute atomic E-state index is 5.49. The zero-order valence-electron chi connectivity index (χ0n) is 12.5. The number of nitrogens with zero attached hydrogens (tertiary/aromatic N) is 1. The number of hydrogen-bond donors (Lipinski definition) is 1. The Labute approximate surface area is 130 Å². The van der Waals surface area contributed by atoms with Gasteiger partial charge in [0.05, 0.1) is 12.7 Å². The Morgan fingerprint density at radius 3 is 2.71 bits per heavy atom. The number of methoxy groups -OCH3 is 1. The highest BCUT2D eigenvalue weighted by molar-refractivity contribution is 7.71. The van der Waals surface area contributed by atoms with Gasteiger partial charge in [0.15, 0.2) is 0 Å². The third kappa shape index (κ3) is 3.00. The highest BCUT2D eigenvalue weighted by Gasteiger charge is 2.19. The summed E-state index contributed by atoms with van der Waals surface area (Å²) < 4.78 is 6.14. The van der Waals surface area contributed by atoms with Crippen molar-refractivity contribution in [1.82, 2.24) is 9.97 Å². The molecule has 0 bridgehead atoms. The van der Waals surface area contributed by atoms with Gasteiger partial charge in [0.1, 0.15) is 16.2 Å². The summed E-state index contributed by atoms with van der Waals surface area (Å²) in [5.41, 5.74) is 3.35. The summed E-state index contributed by atoms with van der Waals surface area (Å²) in [4.78, 5) is 7.97. The van der Waals surface area contributed by atoms with Gasteiger partial charge in [0.2, 0.25) is 0 Å². The molecular weight excluding hydrogens is 280 g/mol. The summed E-state index contributed by atoms with van der Waals surface area (Å²) in [6.45, 7) is 2.05. The third-order valence-electron chi connectivity index (χ3n) is 4.17. The SMILES string of the molecule is COc1cc(C)ccc1-c1nc(=S)cc(C2CCCC2)[nH]1. The Kier molecular flexibility index (Phi) is 4.06. The second-order valence-electron chi connectivity index (χ2n) is 5.71. The van der Waals surface area contributed by atoms with E-state index in [0.29, 0.717) is 10.6 Å². The quantitative estimate of drug-likeness (QED) is 0.829. The second kappa shape index (κ2) is 5.98. The van der Waals surface area contributed by atoms with Crippen molar-refractivity contribution in [2.45, 2.75) is 38.5 Å². The molecule has 0 spiro atoms. The van der Waals surface area contributed by atoms with Crippen LogP contribution in [0.4, 0.5) is 0 Å². The summed E-state index contributed by atoms with van der Waals surface area (Å²) >= 11 is 5.36. The van der Waals surface area contributed by atoms with Crippen LogP contribution in [0.15, 0.2) is 24.3 Å². The first-order valence-electron chi connectivity index (χ1n) is 7.43. The van der Waals surface area contributed by atoms with E-state index in [0.717, 1.165) is 17.1 Å². The standard InChI is InChI=1S/C17H20N2OS/c1-11-7-8-13(15(9-11)20-2)17-18-14(10-16(21)19-17)12-5-3-4-6-12/h7-10,12H,3-6H2,1-2H3,(H,18,19,21). The van der Waals surface area contributed by atoms with Crippen LogP contribution in [0.2, 0.25) is 0 Å². The predicted octanol–water partition coefficient (Wildman–Crippen LogP) is 4.78. The fourth-order valence-electron chi connectivity index (χ4n) is 3.05. The minimum absolute atomic E-state index is 0.588. The van der Waals surface area contributed by atoms with Crippen LogP contribution in [0.5, 0.6) is 5.75 Å². The fourth-order valence-corrected chi connectivity index (χ4v) is 3.27. The molecule has 2 aromatic rings. The lowest BCUT2D eigenvalue weighted by Crippen LogP contribution is -2.01. The lowest BCUT2D eigenvalue weighted by molar-refractivity contribution is 0.416. The van der Waals surface area contributed by atoms with Crippen molar-refractivity contribution in [2.75, 3.05) is 7.11 Å². The molecule has 3 rings (SSSR count). The molecule has 1 N–H and O–H groups in total. The smallest absolute Gasteiger partial charge is 0.142 e. The van der Waals surface area contributed by atoms with E-state index in [4.69, 9.17) is 17.0 Å². The summed E-state index contributed by atoms with van der Waals surface area (Å²) in [6, 6.07) is 8.14. The van der Waals surface area contributed by atoms with Crippen LogP contribution in [-0.2, 0) is 0 Å². The van der Waals surface area contributed by atoms with E-state index in [-0.39, 0.29) is 0 Å². The molecular formula is C17H20N2OS. The number of rotatable bonds is 3. The topological polar surface area (TPSA) is 37.9 Å². The minimum atomic E-state index is 0.588. The molecule has 0 radical (unpaired) electrons. The van der Waals surface area contributed by atoms with Gasteiger partial charge < -0.3 is 9.72 Å². The molecule has 0 atom stereocenters. The number of ether oxygens (including phenoxy) is 1. The molecule has 1 saturated carbocycles. The molecule has 3 nitrogen and oxygen atoms in total. The monoisotopic (exact) mass is 300 g/mol. The van der Waals surface area contributed by atoms with E-state index in [2.05, 4.69) is 23.0 Å². The molecule has 1 aliphatic rings. The normalized spacial score (nSPS) is 15.3. The summed E-state index contributed by atoms with van der Waals surface area (Å²) in [7, 11) is 1.69. The molecule has 0 saturated heterocycles. The lowest BCUT2D eigenvalue weighted by atomic mass is 10.0. The van der Waals surface area contributed by atoms with E-state index in [1.165, 1.54) is 36.9 Å². The molecule has 4 heteroatoms. The Bertz CT molecular complexity index is 702. The van der Waals surface area contributed by atoms with Crippen LogP contribution in [-0.4, -0.2) is 17.1 Å². The van der Waals surface area contributed by atoms with E-state index >= 15 is 0 Å². The molecule has 21 heavy (non-hydrogen) atoms. The van der Waals surface area contributed by atoms with E-state index in [9.17, 15) is 0 Å². The van der Waals surface area contributed by atoms with E-state index in [1.807, 2.05) is 18.2 Å². The molecule has 0 unspecified atom stereocenters. The Balaban J connectivity index is 2.08. The zero-order chi connectivity index (χ0) is 14.8. The maximum Gasteiger partial charge on any atom is 0.142 e. The molecule has 1 heterocycles. The first-order valence-corrected chi connectivity index (χ1v) is 7.84. The van der Waals surface area contributed by atoms with Gasteiger partial charge in [-0.05, 0) is 49.4 Å². The van der Waals surface area contributed by atoms with Gasteiger partial charge in [-0.2, -0.15) is 0 Å². The van der Waals surface area contributed by atoms with Crippen molar-refractivity contribution >= 4 is 12.2 Å². The van der Waals surface area contributed by atoms with Crippen molar-refractivity contribution in [3.63, 3.8) is 0 Å². The average molecular weight is 300 g/mol. The van der Waals surface area contributed by atoms with Crippen LogP contribution in [0.3, 0.4) is 0 Å². The van der Waals surface area contributed by atoms with Gasteiger partial charge in [-0.1, -0.05) is 31.1 Å². The first kappa shape index (κ1) is 14.3. The molecule has 1 fully saturated rings. The van der Waals surface area contributed by atoms with E-state index < -0.39 is 0 Å². The Hall–Kier alpha value is -1.68. The summed E-state index contributed by atoms with van der Waals surface area (Å²) in [5, 5.41) is 0. The van der Waals surface area contributed by atoms with Crippen LogP contribution in [0.25, 0.3) is 11.4 Å². The number of nitrogens with one attached hydrogen (secondary N) is 1. The van der Waals surface area contributed by atoms with E-state index in [1.54, 1.807) is 7.11 Å². The molecule has 1 aromatic carbocycles. The van der Waals surface area contributed by atoms with Crippen LogP contribution in [0, 0.1) is 11.6 Å². The zero-order valence-corrected chi connectivity index (χ0v) is 13.3. The van der Waals surface area contributed by atoms with Crippen LogP contribution < -0.4 is 4.74 Å². The number of hydrogen-bond acceptors (Lipinski definition) is 3. The van der Waals surface area contributed by atoms with Crippen molar-refractivity contribution in [2.24, 2.45) is 0 Å². The van der Waals surface area contributed by atoms with Crippen LogP contribution in [0.1, 0.15) is 42.9 Å². The van der Waals surface area contributed by atoms with Gasteiger partial charge in [-0.25, -0.2) is 4.98 Å². The van der Waals surface area contributed by atoms with Gasteiger partial charge in [-0.3, -0.25) is 0 Å². The largest absolute Gasteiger partial charge is 0.496 e. The van der Waals surface area contributed by atoms with Gasteiger partial charge >= 0.3 is 0 Å². The highest BCUT2D eigenvalue weighted by Crippen LogP contribution is 2.35. The summed E-state index contributed by atoms with van der Waals surface area (Å²) in [6.07, 6.45) is 5.08. The van der Waals surface area contributed by atoms with Gasteiger partial charge in [0, 0.05) is 5.69 Å². The molecule has 1 aliphatic carbocycles. The van der Waals surface area contributed by atoms with Gasteiger partial charge in [0.25, 0.3) is 0 Å². The molecule has 0 aliphatic heterocycles. The Morgan fingerprint density at radius 1 is 1.24 bits per heavy atom. The van der Waals surface area contributed by atoms with Crippen molar-refractivity contribution in [1.29, 1.82) is 0 Å². The van der Waals surface area contributed by atoms with Crippen LogP contribution >= 0.6 is 12.2 Å². The second-order valence-corrected chi connectivity index (χ2v) is 6.13. The number of aromatic nitrogens is 2. The highest BCUT2D eigenvalue weighted by atomic mass is 32.1. The Morgan fingerprint density at radius 2 is 2.00 bits per heavy atom. The molecule has 0 amide bonds. The average Bonchev–Trinajstić information content (AvgIpc) is 3.00. The van der Waals surface area contributed by atoms with Gasteiger partial charge in [-0.15, -0.1) is 0 Å². The maximum atomic E-state index is 5.49. The lowest BCUT2D eigenvalue weighted by Gasteiger charge is -2.13. The van der Waals surface area contributed by atoms with Crippen molar-refractivity contribution in [3.05, 3.63) is 40.2 Å². The minimum Gasteiger partial charge on any atom is -0.496 e. The number of aryl methyl sites for hydroxylation is 1. The van der Waals surface area contributed by atoms with Crippen molar-refractivity contribution in [3.8, 4) is 17.1 Å². The summed E-state index contributed by atoms with van der Waals surface area (Å²) in [5.74, 6) is 2.22. The number of aromatic amines is 1. The predicted molar refractivity (Wildman–Crippen MR) is 87.4 cm³/mol. The molecule has 110 valence electrons. The fraction of sp³-hybridized carbons (Fsp3) is 0.412.